The first-order valence-corrected chi connectivity index (χ1v) is 6.92. The molecule has 2 aliphatic heterocycles. The molecule has 0 aliphatic carbocycles. The minimum atomic E-state index is 1.00. The van der Waals surface area contributed by atoms with E-state index in [4.69, 9.17) is 5.11 Å². The Morgan fingerprint density at radius 3 is 1.71 bits per heavy atom. The molecule has 0 unspecified atom stereocenters. The average Bonchev–Trinajstić information content (AvgIpc) is 2.42. The van der Waals surface area contributed by atoms with Gasteiger partial charge in [0.1, 0.15) is 0 Å². The summed E-state index contributed by atoms with van der Waals surface area (Å²) < 4.78 is 0. The van der Waals surface area contributed by atoms with Crippen LogP contribution in [0, 0.1) is 0 Å². The van der Waals surface area contributed by atoms with E-state index in [-0.39, 0.29) is 0 Å². The fraction of sp³-hybridized carbons (Fsp3) is 1.00. The Bertz CT molecular complexity index is 176. The van der Waals surface area contributed by atoms with Crippen LogP contribution in [0.2, 0.25) is 0 Å². The van der Waals surface area contributed by atoms with Crippen LogP contribution >= 0.6 is 0 Å². The first-order valence-electron chi connectivity index (χ1n) is 6.92. The van der Waals surface area contributed by atoms with Crippen molar-refractivity contribution in [3.63, 3.8) is 0 Å². The number of piperazine rings is 1. The van der Waals surface area contributed by atoms with Crippen LogP contribution in [0.1, 0.15) is 19.3 Å². The van der Waals surface area contributed by atoms with Gasteiger partial charge in [-0.15, -0.1) is 0 Å². The van der Waals surface area contributed by atoms with Crippen molar-refractivity contribution in [1.29, 1.82) is 0 Å². The van der Waals surface area contributed by atoms with E-state index >= 15 is 0 Å². The van der Waals surface area contributed by atoms with Crippen LogP contribution in [-0.2, 0) is 0 Å². The van der Waals surface area contributed by atoms with E-state index in [1.54, 1.807) is 0 Å². The number of piperidine rings is 1. The Hall–Kier alpha value is -0.160. The molecule has 0 bridgehead atoms. The third-order valence-corrected chi connectivity index (χ3v) is 3.78. The van der Waals surface area contributed by atoms with E-state index < -0.39 is 0 Å². The maximum absolute atomic E-state index is 7.00. The minimum Gasteiger partial charge on any atom is -0.400 e. The molecule has 2 aliphatic rings. The van der Waals surface area contributed by atoms with Gasteiger partial charge in [-0.25, -0.2) is 0 Å². The molecule has 0 amide bonds. The molecule has 0 aromatic rings. The molecule has 0 saturated carbocycles. The molecule has 0 aromatic heterocycles. The van der Waals surface area contributed by atoms with E-state index in [0.29, 0.717) is 0 Å². The highest BCUT2D eigenvalue weighted by Crippen LogP contribution is 2.08. The number of aliphatic hydroxyl groups is 1. The van der Waals surface area contributed by atoms with Crippen LogP contribution < -0.4 is 0 Å². The van der Waals surface area contributed by atoms with Gasteiger partial charge in [0.25, 0.3) is 0 Å². The molecule has 4 heteroatoms. The maximum atomic E-state index is 7.00. The van der Waals surface area contributed by atoms with Crippen LogP contribution in [0.15, 0.2) is 0 Å². The number of hydrogen-bond acceptors (Lipinski definition) is 4. The summed E-state index contributed by atoms with van der Waals surface area (Å²) >= 11 is 0. The van der Waals surface area contributed by atoms with Crippen molar-refractivity contribution in [3.05, 3.63) is 0 Å². The lowest BCUT2D eigenvalue weighted by Gasteiger charge is -2.34. The van der Waals surface area contributed by atoms with Crippen molar-refractivity contribution in [3.8, 4) is 0 Å². The molecular formula is C13H29N3O. The van der Waals surface area contributed by atoms with Gasteiger partial charge in [-0.2, -0.15) is 0 Å². The largest absolute Gasteiger partial charge is 0.400 e. The second kappa shape index (κ2) is 8.86. The van der Waals surface area contributed by atoms with Gasteiger partial charge in [-0.1, -0.05) is 6.42 Å². The van der Waals surface area contributed by atoms with Gasteiger partial charge in [0, 0.05) is 46.4 Å². The summed E-state index contributed by atoms with van der Waals surface area (Å²) in [5.74, 6) is 0. The SMILES string of the molecule is CN1CCN(CCN2CCCCC2)CC1.CO. The van der Waals surface area contributed by atoms with Crippen LogP contribution in [0.25, 0.3) is 0 Å². The van der Waals surface area contributed by atoms with Gasteiger partial charge in [-0.3, -0.25) is 4.90 Å². The number of likely N-dealkylation sites (N-methyl/N-ethyl adjacent to an activating group) is 1. The van der Waals surface area contributed by atoms with E-state index in [0.717, 1.165) is 7.11 Å². The molecule has 1 N–H and O–H groups in total. The molecule has 2 heterocycles. The highest BCUT2D eigenvalue weighted by Gasteiger charge is 2.15. The van der Waals surface area contributed by atoms with Gasteiger partial charge >= 0.3 is 0 Å². The summed E-state index contributed by atoms with van der Waals surface area (Å²) in [6, 6.07) is 0. The Kier molecular flexibility index (Phi) is 7.77. The van der Waals surface area contributed by atoms with Gasteiger partial charge in [-0.05, 0) is 33.0 Å². The van der Waals surface area contributed by atoms with Crippen molar-refractivity contribution in [2.75, 3.05) is 66.5 Å². The molecular weight excluding hydrogens is 214 g/mol. The molecule has 4 nitrogen and oxygen atoms in total. The van der Waals surface area contributed by atoms with E-state index in [9.17, 15) is 0 Å². The number of nitrogens with zero attached hydrogens (tertiary/aromatic N) is 3. The first-order chi connectivity index (χ1) is 8.34. The fourth-order valence-corrected chi connectivity index (χ4v) is 2.54. The average molecular weight is 243 g/mol. The van der Waals surface area contributed by atoms with E-state index in [1.165, 1.54) is 71.6 Å². The number of likely N-dealkylation sites (tertiary alicyclic amines) is 1. The summed E-state index contributed by atoms with van der Waals surface area (Å²) in [6.07, 6.45) is 4.29. The molecule has 2 saturated heterocycles. The summed E-state index contributed by atoms with van der Waals surface area (Å²) in [7, 11) is 3.22. The number of hydrogen-bond donors (Lipinski definition) is 1. The van der Waals surface area contributed by atoms with Crippen molar-refractivity contribution < 1.29 is 5.11 Å². The topological polar surface area (TPSA) is 30.0 Å². The Morgan fingerprint density at radius 2 is 1.18 bits per heavy atom. The normalized spacial score (nSPS) is 24.2. The lowest BCUT2D eigenvalue weighted by atomic mass is 10.1. The van der Waals surface area contributed by atoms with Crippen LogP contribution in [0.4, 0.5) is 0 Å². The van der Waals surface area contributed by atoms with Gasteiger partial charge in [0.2, 0.25) is 0 Å². The molecule has 102 valence electrons. The highest BCUT2D eigenvalue weighted by molar-refractivity contribution is 4.72. The minimum absolute atomic E-state index is 1.00. The Balaban J connectivity index is 0.000000686. The predicted octanol–water partition coefficient (Wildman–Crippen LogP) is 0.328. The predicted molar refractivity (Wildman–Crippen MR) is 72.4 cm³/mol. The highest BCUT2D eigenvalue weighted by atomic mass is 16.2. The quantitative estimate of drug-likeness (QED) is 0.774. The lowest BCUT2D eigenvalue weighted by Crippen LogP contribution is -2.47. The van der Waals surface area contributed by atoms with Crippen molar-refractivity contribution in [2.24, 2.45) is 0 Å². The summed E-state index contributed by atoms with van der Waals surface area (Å²) in [4.78, 5) is 7.69. The number of rotatable bonds is 3. The molecule has 0 aromatic carbocycles. The van der Waals surface area contributed by atoms with E-state index in [2.05, 4.69) is 21.7 Å². The van der Waals surface area contributed by atoms with Gasteiger partial charge in [0.05, 0.1) is 0 Å². The smallest absolute Gasteiger partial charge is 0.0319 e. The molecule has 2 fully saturated rings. The van der Waals surface area contributed by atoms with Crippen LogP contribution in [0.5, 0.6) is 0 Å². The third kappa shape index (κ3) is 5.82. The fourth-order valence-electron chi connectivity index (χ4n) is 2.54. The molecule has 0 radical (unpaired) electrons. The molecule has 0 atom stereocenters. The summed E-state index contributed by atoms with van der Waals surface area (Å²) in [5.41, 5.74) is 0. The Labute approximate surface area is 106 Å². The Morgan fingerprint density at radius 1 is 0.706 bits per heavy atom. The molecule has 2 rings (SSSR count). The van der Waals surface area contributed by atoms with Gasteiger partial charge in [0.15, 0.2) is 0 Å². The summed E-state index contributed by atoms with van der Waals surface area (Å²) in [5, 5.41) is 7.00. The van der Waals surface area contributed by atoms with Crippen LogP contribution in [0.3, 0.4) is 0 Å². The third-order valence-electron chi connectivity index (χ3n) is 3.78. The van der Waals surface area contributed by atoms with Crippen molar-refractivity contribution >= 4 is 0 Å². The second-order valence-electron chi connectivity index (χ2n) is 5.05. The standard InChI is InChI=1S/C12H25N3.CH4O/c1-13-7-9-15(10-8-13)12-11-14-5-3-2-4-6-14;1-2/h2-12H2,1H3;2H,1H3. The van der Waals surface area contributed by atoms with Crippen molar-refractivity contribution in [2.45, 2.75) is 19.3 Å². The van der Waals surface area contributed by atoms with Gasteiger partial charge < -0.3 is 14.9 Å². The number of aliphatic hydroxyl groups excluding tert-OH is 1. The zero-order valence-electron chi connectivity index (χ0n) is 11.6. The van der Waals surface area contributed by atoms with Crippen LogP contribution in [-0.4, -0.2) is 86.3 Å². The monoisotopic (exact) mass is 243 g/mol. The first kappa shape index (κ1) is 14.9. The maximum Gasteiger partial charge on any atom is 0.0319 e. The lowest BCUT2D eigenvalue weighted by molar-refractivity contribution is 0.128. The molecule has 17 heavy (non-hydrogen) atoms. The van der Waals surface area contributed by atoms with Crippen molar-refractivity contribution in [1.82, 2.24) is 14.7 Å². The second-order valence-corrected chi connectivity index (χ2v) is 5.05. The molecule has 0 spiro atoms. The zero-order valence-corrected chi connectivity index (χ0v) is 11.6. The summed E-state index contributed by atoms with van der Waals surface area (Å²) in [6.45, 7) is 10.3. The zero-order chi connectivity index (χ0) is 12.5. The van der Waals surface area contributed by atoms with E-state index in [1.807, 2.05) is 0 Å².